The average Bonchev–Trinajstić information content (AvgIpc) is 3.32. The summed E-state index contributed by atoms with van der Waals surface area (Å²) in [5, 5.41) is 81.3. The van der Waals surface area contributed by atoms with E-state index in [1.54, 1.807) is 19.9 Å². The Morgan fingerprint density at radius 2 is 1.33 bits per heavy atom. The molecule has 27 nitrogen and oxygen atoms in total. The van der Waals surface area contributed by atoms with Gasteiger partial charge in [-0.1, -0.05) is 32.0 Å². The fourth-order valence-corrected chi connectivity index (χ4v) is 7.89. The number of benzene rings is 1. The number of amides is 9. The summed E-state index contributed by atoms with van der Waals surface area (Å²) in [4.78, 5) is 117. The first-order valence-electron chi connectivity index (χ1n) is 23.7. The van der Waals surface area contributed by atoms with Crippen molar-refractivity contribution >= 4 is 53.2 Å². The summed E-state index contributed by atoms with van der Waals surface area (Å²) in [6, 6.07) is -3.46. The highest BCUT2D eigenvalue weighted by Gasteiger charge is 2.53. The Morgan fingerprint density at radius 1 is 0.720 bits per heavy atom. The smallest absolute Gasteiger partial charge is 0.394 e. The first kappa shape index (κ1) is 63.2. The molecule has 75 heavy (non-hydrogen) atoms. The zero-order chi connectivity index (χ0) is 56.5. The zero-order valence-corrected chi connectivity index (χ0v) is 41.6. The minimum Gasteiger partial charge on any atom is -0.394 e. The first-order chi connectivity index (χ1) is 35.1. The fourth-order valence-electron chi connectivity index (χ4n) is 7.89. The highest BCUT2D eigenvalue weighted by molar-refractivity contribution is 6.00. The molecule has 2 fully saturated rings. The van der Waals surface area contributed by atoms with Crippen molar-refractivity contribution in [2.24, 2.45) is 11.7 Å². The number of alkyl halides is 3. The van der Waals surface area contributed by atoms with Crippen LogP contribution in [-0.2, 0) is 52.6 Å². The Bertz CT molecular complexity index is 2130. The highest BCUT2D eigenvalue weighted by Crippen LogP contribution is 2.30. The lowest BCUT2D eigenvalue weighted by atomic mass is 9.94. The molecule has 422 valence electrons. The minimum atomic E-state index is -5.62. The van der Waals surface area contributed by atoms with Crippen LogP contribution in [0, 0.1) is 5.92 Å². The van der Waals surface area contributed by atoms with Gasteiger partial charge in [0.2, 0.25) is 41.4 Å². The fraction of sp³-hybridized carbons (Fsp3) is 0.667. The predicted molar refractivity (Wildman–Crippen MR) is 249 cm³/mol. The van der Waals surface area contributed by atoms with Gasteiger partial charge < -0.3 is 93.1 Å². The maximum absolute atomic E-state index is 14.2. The molecule has 16 N–H and O–H groups in total. The number of carbonyl (C=O) groups is 9. The van der Waals surface area contributed by atoms with E-state index in [1.165, 1.54) is 36.5 Å². The van der Waals surface area contributed by atoms with Crippen LogP contribution < -0.4 is 48.3 Å². The van der Waals surface area contributed by atoms with Gasteiger partial charge in [0.05, 0.1) is 25.7 Å². The normalized spacial score (nSPS) is 25.7. The Kier molecular flexibility index (Phi) is 24.6. The maximum Gasteiger partial charge on any atom is 0.471 e. The summed E-state index contributed by atoms with van der Waals surface area (Å²) in [6.07, 6.45) is -23.6. The SMILES string of the molecule is CC(=O)NCCCC[C@H](NC(=O)[C@@H](NC(=O)[C@H](CC(C)C)NC(=O)[C@H](CC(=O)N[C@@H]1O[C@H](CO)[C@@H](O[C@@H]2O[C@H](CO)[C@@H](O)[C@H](O)[C@H]2NC(C)=O)[C@H](O)[C@H]1NC(=O)C(F)(F)F)NC(=O)c1ccccc1)[C@@H](C)O)C(N)=O. The Morgan fingerprint density at radius 3 is 1.88 bits per heavy atom. The number of ether oxygens (including phenoxy) is 3. The van der Waals surface area contributed by atoms with Gasteiger partial charge in [-0.25, -0.2) is 0 Å². The minimum absolute atomic E-state index is 0.0199. The van der Waals surface area contributed by atoms with Gasteiger partial charge in [-0.2, -0.15) is 13.2 Å². The van der Waals surface area contributed by atoms with Crippen molar-refractivity contribution in [3.05, 3.63) is 35.9 Å². The monoisotopic (exact) mass is 1080 g/mol. The molecule has 0 bridgehead atoms. The summed E-state index contributed by atoms with van der Waals surface area (Å²) < 4.78 is 58.1. The lowest BCUT2D eigenvalue weighted by Gasteiger charge is -2.48. The number of aliphatic hydroxyl groups is 6. The lowest BCUT2D eigenvalue weighted by molar-refractivity contribution is -0.315. The summed E-state index contributed by atoms with van der Waals surface area (Å²) in [5.74, 6) is -10.8. The van der Waals surface area contributed by atoms with Crippen LogP contribution in [0.5, 0.6) is 0 Å². The summed E-state index contributed by atoms with van der Waals surface area (Å²) in [6.45, 7) is 4.91. The van der Waals surface area contributed by atoms with E-state index in [2.05, 4.69) is 37.2 Å². The van der Waals surface area contributed by atoms with Gasteiger partial charge in [0.1, 0.15) is 72.9 Å². The van der Waals surface area contributed by atoms with E-state index in [-0.39, 0.29) is 30.9 Å². The summed E-state index contributed by atoms with van der Waals surface area (Å²) >= 11 is 0. The Hall–Kier alpha value is -6.12. The molecule has 9 amide bonds. The number of nitrogens with one attached hydrogen (secondary N) is 8. The summed E-state index contributed by atoms with van der Waals surface area (Å²) in [5.41, 5.74) is 5.45. The van der Waals surface area contributed by atoms with Gasteiger partial charge in [-0.05, 0) is 50.7 Å². The van der Waals surface area contributed by atoms with Crippen molar-refractivity contribution in [3.8, 4) is 0 Å². The molecule has 15 atom stereocenters. The number of rotatable bonds is 26. The third-order valence-electron chi connectivity index (χ3n) is 11.7. The number of hydrogen-bond acceptors (Lipinski definition) is 18. The van der Waals surface area contributed by atoms with Crippen molar-refractivity contribution in [2.45, 2.75) is 164 Å². The molecular formula is C45H68F3N9O18. The number of hydrogen-bond donors (Lipinski definition) is 15. The topological polar surface area (TPSA) is 425 Å². The molecule has 1 aromatic carbocycles. The van der Waals surface area contributed by atoms with E-state index < -0.39 is 170 Å². The van der Waals surface area contributed by atoms with Crippen LogP contribution in [0.2, 0.25) is 0 Å². The van der Waals surface area contributed by atoms with E-state index in [4.69, 9.17) is 19.9 Å². The van der Waals surface area contributed by atoms with Crippen LogP contribution in [0.1, 0.15) is 77.1 Å². The van der Waals surface area contributed by atoms with Gasteiger partial charge in [0, 0.05) is 26.0 Å². The molecular weight excluding hydrogens is 1010 g/mol. The maximum atomic E-state index is 14.2. The second-order valence-electron chi connectivity index (χ2n) is 18.3. The third-order valence-corrected chi connectivity index (χ3v) is 11.7. The van der Waals surface area contributed by atoms with Crippen molar-refractivity contribution in [1.82, 2.24) is 42.5 Å². The lowest BCUT2D eigenvalue weighted by Crippen LogP contribution is -2.71. The molecule has 3 rings (SSSR count). The molecule has 2 aliphatic heterocycles. The molecule has 0 aliphatic carbocycles. The predicted octanol–water partition coefficient (Wildman–Crippen LogP) is -5.58. The van der Waals surface area contributed by atoms with Crippen LogP contribution in [0.3, 0.4) is 0 Å². The molecule has 0 unspecified atom stereocenters. The van der Waals surface area contributed by atoms with E-state index >= 15 is 0 Å². The van der Waals surface area contributed by atoms with E-state index in [1.807, 2.05) is 0 Å². The number of aliphatic hydroxyl groups excluding tert-OH is 6. The van der Waals surface area contributed by atoms with Crippen LogP contribution in [-0.4, -0.2) is 201 Å². The Labute approximate surface area is 427 Å². The molecule has 0 saturated carbocycles. The van der Waals surface area contributed by atoms with Crippen molar-refractivity contribution in [3.63, 3.8) is 0 Å². The van der Waals surface area contributed by atoms with Gasteiger partial charge in [0.15, 0.2) is 12.5 Å². The second kappa shape index (κ2) is 29.3. The van der Waals surface area contributed by atoms with Crippen molar-refractivity contribution in [1.29, 1.82) is 0 Å². The first-order valence-corrected chi connectivity index (χ1v) is 23.7. The third kappa shape index (κ3) is 19.2. The average molecular weight is 1080 g/mol. The van der Waals surface area contributed by atoms with E-state index in [0.29, 0.717) is 12.8 Å². The van der Waals surface area contributed by atoms with E-state index in [9.17, 15) is 87.0 Å². The highest BCUT2D eigenvalue weighted by atomic mass is 19.4. The van der Waals surface area contributed by atoms with E-state index in [0.717, 1.165) is 13.8 Å². The zero-order valence-electron chi connectivity index (χ0n) is 41.6. The van der Waals surface area contributed by atoms with Crippen LogP contribution >= 0.6 is 0 Å². The van der Waals surface area contributed by atoms with Crippen LogP contribution in [0.25, 0.3) is 0 Å². The largest absolute Gasteiger partial charge is 0.471 e. The molecule has 0 radical (unpaired) electrons. The second-order valence-corrected chi connectivity index (χ2v) is 18.3. The van der Waals surface area contributed by atoms with Crippen LogP contribution in [0.15, 0.2) is 30.3 Å². The van der Waals surface area contributed by atoms with Crippen molar-refractivity contribution in [2.75, 3.05) is 19.8 Å². The molecule has 1 aromatic rings. The van der Waals surface area contributed by atoms with Crippen LogP contribution in [0.4, 0.5) is 13.2 Å². The number of primary amides is 1. The van der Waals surface area contributed by atoms with Gasteiger partial charge >= 0.3 is 12.1 Å². The van der Waals surface area contributed by atoms with Gasteiger partial charge in [-0.3, -0.25) is 43.2 Å². The number of nitrogens with two attached hydrogens (primary N) is 1. The Balaban J connectivity index is 1.94. The summed E-state index contributed by atoms with van der Waals surface area (Å²) in [7, 11) is 0. The molecule has 2 aliphatic rings. The molecule has 2 heterocycles. The molecule has 0 aromatic heterocycles. The van der Waals surface area contributed by atoms with Crippen molar-refractivity contribution < 1.29 is 101 Å². The quantitative estimate of drug-likeness (QED) is 0.0385. The number of carbonyl (C=O) groups excluding carboxylic acids is 9. The molecule has 2 saturated heterocycles. The molecule has 30 heteroatoms. The van der Waals surface area contributed by atoms with Gasteiger partial charge in [0.25, 0.3) is 5.91 Å². The van der Waals surface area contributed by atoms with Gasteiger partial charge in [-0.15, -0.1) is 0 Å². The standard InChI is InChI=1S/C45H68F3N9O18/c1-19(2)15-25(40(70)56-30(20(3)60)41(71)52-24(37(49)67)13-9-10-14-50-21(4)61)54-39(69)26(53-38(68)23-11-7-6-8-12-23)16-29(63)55-42-31(57-44(72)45(46,47)48)35(66)36(28(18-59)73-42)75-43-32(51-22(5)62)34(65)33(64)27(17-58)74-43/h6-8,11-12,19-20,24-28,30-36,42-43,58-60,64-66H,9-10,13-18H2,1-5H3,(H2,49,67)(H,50,61)(H,51,62)(H,52,71)(H,53,68)(H,54,69)(H,55,63)(H,56,70)(H,57,72)/t20-,24+,25+,26+,27-,28-,30+,31-,32-,33-,34-,35-,36-,42-,43+/m1/s1. The number of halogens is 3. The number of unbranched alkanes of at least 4 members (excludes halogenated alkanes) is 1. The molecule has 0 spiro atoms.